The van der Waals surface area contributed by atoms with Gasteiger partial charge in [0.05, 0.1) is 22.7 Å². The van der Waals surface area contributed by atoms with E-state index in [2.05, 4.69) is 5.32 Å². The monoisotopic (exact) mass is 297 g/mol. The molecule has 7 nitrogen and oxygen atoms in total. The Bertz CT molecular complexity index is 617. The molecule has 1 aliphatic heterocycles. The predicted molar refractivity (Wildman–Crippen MR) is 72.6 cm³/mol. The van der Waals surface area contributed by atoms with E-state index in [9.17, 15) is 14.4 Å². The standard InChI is InChI=1S/C12H12ClN3O4/c1-16-9(17)4-8(11(16)18)15-10-6(12(19)20)2-5(14)3-7(10)13/h2-3,8,15H,4,14H2,1H3,(H,19,20). The van der Waals surface area contributed by atoms with Crippen molar-refractivity contribution in [2.45, 2.75) is 12.5 Å². The number of aromatic carboxylic acids is 1. The first-order valence-corrected chi connectivity index (χ1v) is 6.08. The van der Waals surface area contributed by atoms with Crippen LogP contribution in [0.5, 0.6) is 0 Å². The minimum atomic E-state index is -1.23. The molecule has 20 heavy (non-hydrogen) atoms. The lowest BCUT2D eigenvalue weighted by atomic mass is 10.1. The molecular formula is C12H12ClN3O4. The van der Waals surface area contributed by atoms with Crippen molar-refractivity contribution in [1.29, 1.82) is 0 Å². The van der Waals surface area contributed by atoms with Crippen molar-refractivity contribution in [1.82, 2.24) is 4.90 Å². The maximum Gasteiger partial charge on any atom is 0.337 e. The Morgan fingerprint density at radius 1 is 1.50 bits per heavy atom. The van der Waals surface area contributed by atoms with Gasteiger partial charge in [-0.15, -0.1) is 0 Å². The van der Waals surface area contributed by atoms with Gasteiger partial charge in [-0.1, -0.05) is 11.6 Å². The Morgan fingerprint density at radius 2 is 2.15 bits per heavy atom. The number of nitrogens with two attached hydrogens (primary N) is 1. The van der Waals surface area contributed by atoms with Gasteiger partial charge in [0.25, 0.3) is 5.91 Å². The highest BCUT2D eigenvalue weighted by Crippen LogP contribution is 2.31. The quantitative estimate of drug-likeness (QED) is 0.561. The summed E-state index contributed by atoms with van der Waals surface area (Å²) >= 11 is 5.96. The molecule has 0 spiro atoms. The minimum absolute atomic E-state index is 0.0465. The Balaban J connectivity index is 2.37. The number of amides is 2. The molecular weight excluding hydrogens is 286 g/mol. The van der Waals surface area contributed by atoms with Crippen molar-refractivity contribution in [3.63, 3.8) is 0 Å². The zero-order chi connectivity index (χ0) is 15.0. The molecule has 0 radical (unpaired) electrons. The number of hydrogen-bond acceptors (Lipinski definition) is 5. The molecule has 1 aliphatic rings. The number of imide groups is 1. The van der Waals surface area contributed by atoms with Crippen molar-refractivity contribution in [2.75, 3.05) is 18.1 Å². The lowest BCUT2D eigenvalue weighted by Gasteiger charge is -2.16. The number of anilines is 2. The van der Waals surface area contributed by atoms with Crippen LogP contribution in [0.2, 0.25) is 5.02 Å². The predicted octanol–water partition coefficient (Wildman–Crippen LogP) is 0.790. The van der Waals surface area contributed by atoms with E-state index in [-0.39, 0.29) is 34.3 Å². The van der Waals surface area contributed by atoms with E-state index in [1.165, 1.54) is 19.2 Å². The zero-order valence-electron chi connectivity index (χ0n) is 10.5. The number of carbonyl (C=O) groups is 3. The molecule has 0 aliphatic carbocycles. The van der Waals surface area contributed by atoms with Crippen LogP contribution in [0.4, 0.5) is 11.4 Å². The molecule has 0 bridgehead atoms. The number of likely N-dealkylation sites (tertiary alicyclic amines) is 1. The second-order valence-electron chi connectivity index (χ2n) is 4.42. The van der Waals surface area contributed by atoms with Crippen LogP contribution in [-0.2, 0) is 9.59 Å². The number of hydrogen-bond donors (Lipinski definition) is 3. The molecule has 1 saturated heterocycles. The largest absolute Gasteiger partial charge is 0.478 e. The first-order chi connectivity index (χ1) is 9.31. The molecule has 1 atom stereocenters. The van der Waals surface area contributed by atoms with Gasteiger partial charge >= 0.3 is 5.97 Å². The van der Waals surface area contributed by atoms with Gasteiger partial charge in [-0.05, 0) is 12.1 Å². The van der Waals surface area contributed by atoms with Crippen LogP contribution in [0.15, 0.2) is 12.1 Å². The van der Waals surface area contributed by atoms with Crippen LogP contribution in [0.25, 0.3) is 0 Å². The zero-order valence-corrected chi connectivity index (χ0v) is 11.3. The van der Waals surface area contributed by atoms with Crippen molar-refractivity contribution >= 4 is 40.8 Å². The van der Waals surface area contributed by atoms with E-state index in [0.717, 1.165) is 4.90 Å². The van der Waals surface area contributed by atoms with Crippen LogP contribution in [0, 0.1) is 0 Å². The second kappa shape index (κ2) is 5.01. The number of likely N-dealkylation sites (N-methyl/N-ethyl adjacent to an activating group) is 1. The molecule has 1 aromatic rings. The van der Waals surface area contributed by atoms with Crippen LogP contribution in [0.3, 0.4) is 0 Å². The summed E-state index contributed by atoms with van der Waals surface area (Å²) in [6, 6.07) is 1.79. The minimum Gasteiger partial charge on any atom is -0.478 e. The molecule has 2 rings (SSSR count). The molecule has 4 N–H and O–H groups in total. The Kier molecular flexibility index (Phi) is 3.54. The van der Waals surface area contributed by atoms with E-state index in [1.807, 2.05) is 0 Å². The normalized spacial score (nSPS) is 18.5. The van der Waals surface area contributed by atoms with E-state index >= 15 is 0 Å². The van der Waals surface area contributed by atoms with Crippen LogP contribution in [0.1, 0.15) is 16.8 Å². The average Bonchev–Trinajstić information content (AvgIpc) is 2.59. The van der Waals surface area contributed by atoms with E-state index in [1.54, 1.807) is 0 Å². The first kappa shape index (κ1) is 14.1. The van der Waals surface area contributed by atoms with Crippen LogP contribution < -0.4 is 11.1 Å². The number of nitrogens with one attached hydrogen (secondary N) is 1. The highest BCUT2D eigenvalue weighted by molar-refractivity contribution is 6.34. The Hall–Kier alpha value is -2.28. The van der Waals surface area contributed by atoms with E-state index < -0.39 is 17.9 Å². The summed E-state index contributed by atoms with van der Waals surface area (Å²) in [6.07, 6.45) is -0.0465. The third-order valence-electron chi connectivity index (χ3n) is 3.04. The van der Waals surface area contributed by atoms with Crippen molar-refractivity contribution in [3.8, 4) is 0 Å². The number of benzene rings is 1. The van der Waals surface area contributed by atoms with Gasteiger partial charge in [-0.25, -0.2) is 4.79 Å². The molecule has 1 heterocycles. The van der Waals surface area contributed by atoms with Crippen molar-refractivity contribution in [3.05, 3.63) is 22.7 Å². The lowest BCUT2D eigenvalue weighted by molar-refractivity contribution is -0.136. The van der Waals surface area contributed by atoms with Gasteiger partial charge in [0.2, 0.25) is 5.91 Å². The molecule has 1 aromatic carbocycles. The molecule has 8 heteroatoms. The number of carboxylic acids is 1. The number of nitrogens with zero attached hydrogens (tertiary/aromatic N) is 1. The van der Waals surface area contributed by atoms with Gasteiger partial charge in [-0.3, -0.25) is 14.5 Å². The summed E-state index contributed by atoms with van der Waals surface area (Å²) in [4.78, 5) is 35.4. The smallest absolute Gasteiger partial charge is 0.337 e. The molecule has 2 amide bonds. The molecule has 0 aromatic heterocycles. The Labute approximate surface area is 119 Å². The molecule has 0 saturated carbocycles. The SMILES string of the molecule is CN1C(=O)CC(Nc2c(Cl)cc(N)cc2C(=O)O)C1=O. The van der Waals surface area contributed by atoms with E-state index in [4.69, 9.17) is 22.4 Å². The van der Waals surface area contributed by atoms with Gasteiger partial charge in [0.1, 0.15) is 6.04 Å². The highest BCUT2D eigenvalue weighted by atomic mass is 35.5. The van der Waals surface area contributed by atoms with E-state index in [0.29, 0.717) is 0 Å². The molecule has 106 valence electrons. The summed E-state index contributed by atoms with van der Waals surface area (Å²) in [5, 5.41) is 11.9. The van der Waals surface area contributed by atoms with Crippen LogP contribution in [-0.4, -0.2) is 40.9 Å². The average molecular weight is 298 g/mol. The van der Waals surface area contributed by atoms with Gasteiger partial charge in [-0.2, -0.15) is 0 Å². The second-order valence-corrected chi connectivity index (χ2v) is 4.83. The first-order valence-electron chi connectivity index (χ1n) is 5.70. The summed E-state index contributed by atoms with van der Waals surface area (Å²) in [6.45, 7) is 0. The number of rotatable bonds is 3. The molecule has 1 fully saturated rings. The number of carboxylic acid groups (broad SMARTS) is 1. The number of nitrogen functional groups attached to an aromatic ring is 1. The summed E-state index contributed by atoms with van der Waals surface area (Å²) in [5.74, 6) is -2.00. The fourth-order valence-electron chi connectivity index (χ4n) is 1.99. The maximum absolute atomic E-state index is 11.8. The van der Waals surface area contributed by atoms with Crippen molar-refractivity contribution in [2.24, 2.45) is 0 Å². The third kappa shape index (κ3) is 2.39. The summed E-state index contributed by atoms with van der Waals surface area (Å²) in [7, 11) is 1.37. The fourth-order valence-corrected chi connectivity index (χ4v) is 2.27. The van der Waals surface area contributed by atoms with Gasteiger partial charge in [0.15, 0.2) is 0 Å². The number of halogens is 1. The lowest BCUT2D eigenvalue weighted by Crippen LogP contribution is -2.32. The van der Waals surface area contributed by atoms with Gasteiger partial charge in [0, 0.05) is 12.7 Å². The summed E-state index contributed by atoms with van der Waals surface area (Å²) in [5.41, 5.74) is 5.67. The highest BCUT2D eigenvalue weighted by Gasteiger charge is 2.36. The van der Waals surface area contributed by atoms with Crippen molar-refractivity contribution < 1.29 is 19.5 Å². The summed E-state index contributed by atoms with van der Waals surface area (Å²) < 4.78 is 0. The topological polar surface area (TPSA) is 113 Å². The third-order valence-corrected chi connectivity index (χ3v) is 3.34. The fraction of sp³-hybridized carbons (Fsp3) is 0.250. The molecule has 1 unspecified atom stereocenters. The van der Waals surface area contributed by atoms with Crippen LogP contribution >= 0.6 is 11.6 Å². The van der Waals surface area contributed by atoms with Gasteiger partial charge < -0.3 is 16.2 Å². The number of carbonyl (C=O) groups excluding carboxylic acids is 2. The maximum atomic E-state index is 11.8. The Morgan fingerprint density at radius 3 is 2.65 bits per heavy atom.